The van der Waals surface area contributed by atoms with Gasteiger partial charge >= 0.3 is 0 Å². The molecule has 5 fully saturated rings. The van der Waals surface area contributed by atoms with E-state index in [1.165, 1.54) is 0 Å². The molecule has 5 aliphatic heterocycles. The summed E-state index contributed by atoms with van der Waals surface area (Å²) < 4.78 is 36.2. The van der Waals surface area contributed by atoms with Gasteiger partial charge < -0.3 is 69.7 Å². The fourth-order valence-electron chi connectivity index (χ4n) is 10.9. The number of nitrogens with zero attached hydrogens (tertiary/aromatic N) is 6. The molecule has 0 aliphatic carbocycles. The van der Waals surface area contributed by atoms with Crippen LogP contribution in [-0.2, 0) is 18.9 Å². The molecule has 396 valence electrons. The van der Waals surface area contributed by atoms with Crippen LogP contribution >= 0.6 is 0 Å². The van der Waals surface area contributed by atoms with E-state index in [-0.39, 0.29) is 48.8 Å². The van der Waals surface area contributed by atoms with Gasteiger partial charge in [0.05, 0.1) is 31.4 Å². The molecule has 5 aliphatic rings. The maximum absolute atomic E-state index is 14.6. The number of amides is 1. The predicted molar refractivity (Wildman–Crippen MR) is 279 cm³/mol. The largest absolute Gasteiger partial charge is 0.491 e. The molecule has 73 heavy (non-hydrogen) atoms. The molecule has 2 aromatic heterocycles. The molecule has 0 saturated carbocycles. The van der Waals surface area contributed by atoms with E-state index in [9.17, 15) is 15.0 Å². The molecule has 4 aromatic rings. The van der Waals surface area contributed by atoms with Gasteiger partial charge in [-0.2, -0.15) is 0 Å². The number of anilines is 3. The molecule has 0 radical (unpaired) electrons. The Bertz CT molecular complexity index is 2480. The van der Waals surface area contributed by atoms with Crippen LogP contribution < -0.4 is 35.6 Å². The molecule has 6 N–H and O–H groups in total. The smallest absolute Gasteiger partial charge is 0.272 e. The standard InChI is InChI=1S/C54H76N10O9/c1-34-47(53(67)63(5)39-14-21-68-22-15-39)59-51(61-48(34)57-37-12-19-69-29-37)45-25-43(73-32-41(66)28-56-4)10-11-44(45)46-26-54(17-23-71-46)16-7-18-64(33-54)52-35(2)49(58-38-13-20-70-30-38)60-50(62-52)36-8-6-9-42(24-36)72-31-40(65)27-55-3/h6,8-11,24-25,37-41,46,55-56,65-66H,7,12-23,26-33H2,1-5H3,(H,57,59,61)(H,58,60,62). The summed E-state index contributed by atoms with van der Waals surface area (Å²) in [4.78, 5) is 39.7. The molecule has 9 rings (SSSR count). The second-order valence-corrected chi connectivity index (χ2v) is 20.5. The number of piperidine rings is 1. The molecule has 7 heterocycles. The first kappa shape index (κ1) is 52.6. The predicted octanol–water partition coefficient (Wildman–Crippen LogP) is 4.93. The quantitative estimate of drug-likeness (QED) is 0.0692. The van der Waals surface area contributed by atoms with Gasteiger partial charge in [-0.25, -0.2) is 19.9 Å². The van der Waals surface area contributed by atoms with Crippen LogP contribution in [0.2, 0.25) is 0 Å². The molecule has 1 spiro atoms. The van der Waals surface area contributed by atoms with Crippen molar-refractivity contribution >= 4 is 23.4 Å². The van der Waals surface area contributed by atoms with Gasteiger partial charge in [0.15, 0.2) is 11.6 Å². The molecule has 6 atom stereocenters. The lowest BCUT2D eigenvalue weighted by molar-refractivity contribution is -0.0549. The number of carbonyl (C=O) groups excluding carboxylic acids is 1. The molecule has 19 heteroatoms. The highest BCUT2D eigenvalue weighted by Crippen LogP contribution is 2.49. The Morgan fingerprint density at radius 3 is 2.12 bits per heavy atom. The Morgan fingerprint density at radius 1 is 0.795 bits per heavy atom. The second kappa shape index (κ2) is 24.4. The van der Waals surface area contributed by atoms with E-state index in [0.29, 0.717) is 105 Å². The number of aliphatic hydroxyl groups is 2. The highest BCUT2D eigenvalue weighted by Gasteiger charge is 2.43. The van der Waals surface area contributed by atoms with Gasteiger partial charge in [-0.1, -0.05) is 18.2 Å². The normalized spacial score (nSPS) is 23.3. The number of hydrogen-bond donors (Lipinski definition) is 6. The number of benzene rings is 2. The Balaban J connectivity index is 1.05. The van der Waals surface area contributed by atoms with Crippen molar-refractivity contribution in [1.29, 1.82) is 0 Å². The monoisotopic (exact) mass is 1010 g/mol. The summed E-state index contributed by atoms with van der Waals surface area (Å²) in [5, 5.41) is 34.3. The summed E-state index contributed by atoms with van der Waals surface area (Å²) in [6, 6.07) is 13.8. The van der Waals surface area contributed by atoms with Gasteiger partial charge in [-0.3, -0.25) is 4.79 Å². The van der Waals surface area contributed by atoms with Crippen molar-refractivity contribution in [2.75, 3.05) is 122 Å². The average Bonchev–Trinajstić information content (AvgIpc) is 4.14. The molecule has 2 aromatic carbocycles. The molecular weight excluding hydrogens is 933 g/mol. The number of carbonyl (C=O) groups is 1. The average molecular weight is 1010 g/mol. The first-order valence-corrected chi connectivity index (χ1v) is 26.3. The van der Waals surface area contributed by atoms with Crippen molar-refractivity contribution in [1.82, 2.24) is 35.5 Å². The first-order chi connectivity index (χ1) is 35.5. The van der Waals surface area contributed by atoms with Crippen molar-refractivity contribution in [3.63, 3.8) is 0 Å². The Labute approximate surface area is 429 Å². The van der Waals surface area contributed by atoms with Gasteiger partial charge in [0.2, 0.25) is 0 Å². The van der Waals surface area contributed by atoms with Crippen LogP contribution in [0, 0.1) is 19.3 Å². The molecule has 6 unspecified atom stereocenters. The molecular formula is C54H76N10O9. The lowest BCUT2D eigenvalue weighted by Crippen LogP contribution is -2.47. The third kappa shape index (κ3) is 12.8. The number of ether oxygens (including phenoxy) is 6. The van der Waals surface area contributed by atoms with E-state index in [2.05, 4.69) is 33.1 Å². The van der Waals surface area contributed by atoms with Crippen LogP contribution in [-0.4, -0.2) is 178 Å². The zero-order chi connectivity index (χ0) is 50.9. The topological polar surface area (TPSA) is 219 Å². The van der Waals surface area contributed by atoms with Crippen molar-refractivity contribution in [3.8, 4) is 34.3 Å². The van der Waals surface area contributed by atoms with Crippen LogP contribution in [0.5, 0.6) is 11.5 Å². The zero-order valence-electron chi connectivity index (χ0n) is 43.3. The van der Waals surface area contributed by atoms with E-state index in [1.54, 1.807) is 14.1 Å². The summed E-state index contributed by atoms with van der Waals surface area (Å²) >= 11 is 0. The third-order valence-electron chi connectivity index (χ3n) is 15.1. The minimum atomic E-state index is -0.723. The van der Waals surface area contributed by atoms with Crippen molar-refractivity contribution in [2.45, 2.75) is 102 Å². The van der Waals surface area contributed by atoms with E-state index >= 15 is 0 Å². The summed E-state index contributed by atoms with van der Waals surface area (Å²) in [6.07, 6.45) is 5.08. The third-order valence-corrected chi connectivity index (χ3v) is 15.1. The van der Waals surface area contributed by atoms with Crippen molar-refractivity contribution in [3.05, 3.63) is 64.8 Å². The minimum Gasteiger partial charge on any atom is -0.491 e. The number of aliphatic hydroxyl groups excluding tert-OH is 2. The molecule has 19 nitrogen and oxygen atoms in total. The maximum atomic E-state index is 14.6. The zero-order valence-corrected chi connectivity index (χ0v) is 43.3. The van der Waals surface area contributed by atoms with E-state index < -0.39 is 12.2 Å². The molecule has 0 bridgehead atoms. The number of likely N-dealkylation sites (N-methyl/N-ethyl adjacent to an activating group) is 2. The summed E-state index contributed by atoms with van der Waals surface area (Å²) in [5.41, 5.74) is 4.29. The minimum absolute atomic E-state index is 0.0271. The Hall–Kier alpha value is -5.25. The fourth-order valence-corrected chi connectivity index (χ4v) is 10.9. The maximum Gasteiger partial charge on any atom is 0.272 e. The van der Waals surface area contributed by atoms with Gasteiger partial charge in [0, 0.05) is 94.6 Å². The van der Waals surface area contributed by atoms with Crippen LogP contribution in [0.4, 0.5) is 17.5 Å². The van der Waals surface area contributed by atoms with E-state index in [0.717, 1.165) is 92.8 Å². The Morgan fingerprint density at radius 2 is 1.45 bits per heavy atom. The van der Waals surface area contributed by atoms with Crippen LogP contribution in [0.25, 0.3) is 22.8 Å². The van der Waals surface area contributed by atoms with Gasteiger partial charge in [0.1, 0.15) is 60.1 Å². The number of nitrogens with one attached hydrogen (secondary N) is 4. The van der Waals surface area contributed by atoms with Gasteiger partial charge in [0.25, 0.3) is 5.91 Å². The number of hydrogen-bond acceptors (Lipinski definition) is 18. The first-order valence-electron chi connectivity index (χ1n) is 26.3. The molecule has 1 amide bonds. The summed E-state index contributed by atoms with van der Waals surface area (Å²) in [7, 11) is 5.45. The summed E-state index contributed by atoms with van der Waals surface area (Å²) in [6.45, 7) is 10.9. The second-order valence-electron chi connectivity index (χ2n) is 20.5. The highest BCUT2D eigenvalue weighted by atomic mass is 16.5. The Kier molecular flexibility index (Phi) is 17.6. The van der Waals surface area contributed by atoms with Gasteiger partial charge in [-0.15, -0.1) is 0 Å². The van der Waals surface area contributed by atoms with E-state index in [4.69, 9.17) is 48.4 Å². The highest BCUT2D eigenvalue weighted by molar-refractivity contribution is 5.95. The van der Waals surface area contributed by atoms with Crippen LogP contribution in [0.15, 0.2) is 42.5 Å². The lowest BCUT2D eigenvalue weighted by Gasteiger charge is -2.48. The van der Waals surface area contributed by atoms with Crippen LogP contribution in [0.1, 0.15) is 84.6 Å². The van der Waals surface area contributed by atoms with Crippen molar-refractivity contribution in [2.24, 2.45) is 5.41 Å². The number of aromatic nitrogens is 4. The fraction of sp³-hybridized carbons (Fsp3) is 0.611. The molecule has 5 saturated heterocycles. The lowest BCUT2D eigenvalue weighted by atomic mass is 9.70. The summed E-state index contributed by atoms with van der Waals surface area (Å²) in [5.74, 6) is 4.24. The van der Waals surface area contributed by atoms with Crippen LogP contribution in [0.3, 0.4) is 0 Å². The number of rotatable bonds is 20. The SMILES string of the molecule is CNCC(O)COc1cccc(-c2nc(NC3CCOC3)c(C)c(N3CCCC4(CCOC(c5ccc(OCC(O)CNC)cc5-c5nc(NC6CCOC6)c(C)c(C(=O)N(C)C6CCOCC6)n5)C4)C3)n2)c1. The van der Waals surface area contributed by atoms with Gasteiger partial charge in [-0.05, 0) is 115 Å². The van der Waals surface area contributed by atoms with Crippen molar-refractivity contribution < 1.29 is 43.4 Å². The van der Waals surface area contributed by atoms with E-state index in [1.807, 2.05) is 61.3 Å².